The molecule has 0 radical (unpaired) electrons. The Morgan fingerprint density at radius 1 is 0.390 bits per heavy atom. The van der Waals surface area contributed by atoms with Gasteiger partial charge in [-0.25, -0.2) is 19.2 Å². The molecule has 4 aromatic carbocycles. The van der Waals surface area contributed by atoms with Crippen LogP contribution in [0.25, 0.3) is 22.3 Å². The first-order valence-electron chi connectivity index (χ1n) is 11.3. The van der Waals surface area contributed by atoms with Gasteiger partial charge in [0.15, 0.2) is 0 Å². The minimum Gasteiger partial charge on any atom is -0.478 e. The van der Waals surface area contributed by atoms with Crippen LogP contribution in [0.3, 0.4) is 0 Å². The minimum absolute atomic E-state index is 0. The number of hydrogen-bond acceptors (Lipinski definition) is 8. The van der Waals surface area contributed by atoms with Crippen LogP contribution in [0.4, 0.5) is 22.7 Å². The normalized spacial score (nSPS) is 9.95. The molecule has 0 amide bonds. The van der Waals surface area contributed by atoms with Gasteiger partial charge in [-0.3, -0.25) is 0 Å². The fourth-order valence-electron chi connectivity index (χ4n) is 3.68. The van der Waals surface area contributed by atoms with Crippen LogP contribution in [-0.2, 0) is 0 Å². The topological polar surface area (TPSA) is 285 Å². The first-order valence-corrected chi connectivity index (χ1v) is 11.3. The molecule has 0 aliphatic rings. The van der Waals surface area contributed by atoms with E-state index in [-0.39, 0.29) is 50.5 Å². The van der Waals surface area contributed by atoms with E-state index in [1.165, 1.54) is 48.5 Å². The van der Waals surface area contributed by atoms with Gasteiger partial charge in [-0.05, 0) is 70.8 Å². The third-order valence-corrected chi connectivity index (χ3v) is 5.80. The second-order valence-corrected chi connectivity index (χ2v) is 8.43. The summed E-state index contributed by atoms with van der Waals surface area (Å²) in [5.41, 5.74) is 25.0. The second kappa shape index (κ2) is 12.6. The summed E-state index contributed by atoms with van der Waals surface area (Å²) < 4.78 is 0. The van der Waals surface area contributed by atoms with E-state index in [2.05, 4.69) is 0 Å². The predicted molar refractivity (Wildman–Crippen MR) is 153 cm³/mol. The summed E-state index contributed by atoms with van der Waals surface area (Å²) in [5, 5.41) is 36.1. The molecule has 0 saturated heterocycles. The number of anilines is 4. The number of rotatable bonds is 6. The summed E-state index contributed by atoms with van der Waals surface area (Å²) in [6.45, 7) is 0. The summed E-state index contributed by atoms with van der Waals surface area (Å²) >= 11 is 0. The molecule has 4 aromatic rings. The van der Waals surface area contributed by atoms with Crippen molar-refractivity contribution >= 4 is 46.6 Å². The van der Waals surface area contributed by atoms with Gasteiger partial charge in [0.2, 0.25) is 0 Å². The first kappa shape index (κ1) is 31.1. The van der Waals surface area contributed by atoms with E-state index in [0.717, 1.165) is 0 Å². The number of nitrogens with two attached hydrogens (primary N) is 4. The second-order valence-electron chi connectivity index (χ2n) is 8.43. The molecule has 14 N–H and O–H groups in total. The zero-order valence-electron chi connectivity index (χ0n) is 21.2. The lowest BCUT2D eigenvalue weighted by atomic mass is 9.99. The average Bonchev–Trinajstić information content (AvgIpc) is 2.89. The van der Waals surface area contributed by atoms with E-state index >= 15 is 0 Å². The number of carboxylic acids is 4. The van der Waals surface area contributed by atoms with Crippen molar-refractivity contribution in [2.75, 3.05) is 22.9 Å². The molecular formula is C28H26N4O9. The van der Waals surface area contributed by atoms with Crippen molar-refractivity contribution < 1.29 is 45.1 Å². The Kier molecular flexibility index (Phi) is 9.60. The van der Waals surface area contributed by atoms with E-state index in [1.54, 1.807) is 24.3 Å². The predicted octanol–water partition coefficient (Wildman–Crippen LogP) is 3.00. The van der Waals surface area contributed by atoms with E-state index in [4.69, 9.17) is 43.4 Å². The van der Waals surface area contributed by atoms with Gasteiger partial charge >= 0.3 is 23.9 Å². The summed E-state index contributed by atoms with van der Waals surface area (Å²) in [6.07, 6.45) is 0. The van der Waals surface area contributed by atoms with Crippen LogP contribution < -0.4 is 22.9 Å². The largest absolute Gasteiger partial charge is 0.478 e. The van der Waals surface area contributed by atoms with E-state index in [1.807, 2.05) is 0 Å². The van der Waals surface area contributed by atoms with E-state index in [0.29, 0.717) is 22.3 Å². The van der Waals surface area contributed by atoms with Gasteiger partial charge in [0, 0.05) is 22.7 Å². The monoisotopic (exact) mass is 562 g/mol. The third-order valence-electron chi connectivity index (χ3n) is 5.80. The van der Waals surface area contributed by atoms with Gasteiger partial charge in [0.05, 0.1) is 22.3 Å². The van der Waals surface area contributed by atoms with Crippen LogP contribution in [0.1, 0.15) is 41.4 Å². The molecule has 13 heteroatoms. The van der Waals surface area contributed by atoms with Gasteiger partial charge < -0.3 is 48.8 Å². The van der Waals surface area contributed by atoms with Crippen molar-refractivity contribution in [1.29, 1.82) is 0 Å². The van der Waals surface area contributed by atoms with Gasteiger partial charge in [-0.15, -0.1) is 0 Å². The Morgan fingerprint density at radius 3 is 0.707 bits per heavy atom. The SMILES string of the molecule is Nc1ccc(-c2ccc(N)c(C(=O)O)c2)cc1C(=O)O.Nc1ccc(-c2ccc(N)c(C(=O)O)c2)cc1C(=O)O.O. The fourth-order valence-corrected chi connectivity index (χ4v) is 3.68. The van der Waals surface area contributed by atoms with E-state index < -0.39 is 23.9 Å². The lowest BCUT2D eigenvalue weighted by molar-refractivity contribution is 0.0687. The number of carbonyl (C=O) groups is 4. The summed E-state index contributed by atoms with van der Waals surface area (Å²) in [5.74, 6) is -4.56. The van der Waals surface area contributed by atoms with Crippen LogP contribution in [0.5, 0.6) is 0 Å². The van der Waals surface area contributed by atoms with Crippen LogP contribution in [-0.4, -0.2) is 49.8 Å². The highest BCUT2D eigenvalue weighted by atomic mass is 16.4. The first-order chi connectivity index (χ1) is 18.8. The molecule has 0 unspecified atom stereocenters. The molecule has 0 heterocycles. The van der Waals surface area contributed by atoms with Crippen molar-refractivity contribution in [3.05, 3.63) is 95.1 Å². The van der Waals surface area contributed by atoms with E-state index in [9.17, 15) is 19.2 Å². The van der Waals surface area contributed by atoms with Crippen LogP contribution in [0.15, 0.2) is 72.8 Å². The number of nitrogen functional groups attached to an aromatic ring is 4. The summed E-state index contributed by atoms with van der Waals surface area (Å²) in [4.78, 5) is 44.2. The fraction of sp³-hybridized carbons (Fsp3) is 0. The number of aromatic carboxylic acids is 4. The molecule has 0 spiro atoms. The van der Waals surface area contributed by atoms with Crippen molar-refractivity contribution in [2.45, 2.75) is 0 Å². The Bertz CT molecular complexity index is 1420. The molecule has 0 fully saturated rings. The lowest BCUT2D eigenvalue weighted by Gasteiger charge is -2.08. The molecule has 0 saturated carbocycles. The Labute approximate surface area is 232 Å². The Balaban J connectivity index is 0.000000280. The maximum Gasteiger partial charge on any atom is 0.337 e. The van der Waals surface area contributed by atoms with Crippen LogP contribution in [0.2, 0.25) is 0 Å². The zero-order valence-corrected chi connectivity index (χ0v) is 21.2. The van der Waals surface area contributed by atoms with Crippen molar-refractivity contribution in [3.8, 4) is 22.3 Å². The lowest BCUT2D eigenvalue weighted by Crippen LogP contribution is -2.04. The van der Waals surface area contributed by atoms with Crippen molar-refractivity contribution in [2.24, 2.45) is 0 Å². The highest BCUT2D eigenvalue weighted by molar-refractivity contribution is 5.98. The number of carboxylic acid groups (broad SMARTS) is 4. The molecule has 0 atom stereocenters. The van der Waals surface area contributed by atoms with Gasteiger partial charge in [0.25, 0.3) is 0 Å². The third kappa shape index (κ3) is 7.07. The standard InChI is InChI=1S/2C14H12N2O4.H2O/c2*15-11-3-1-7(5-9(11)13(17)18)8-2-4-12(16)10(6-8)14(19)20;/h2*1-6H,15-16H2,(H,17,18)(H,19,20);1H2. The minimum atomic E-state index is -1.14. The molecule has 0 aliphatic carbocycles. The molecule has 0 aromatic heterocycles. The molecule has 13 nitrogen and oxygen atoms in total. The molecule has 212 valence electrons. The maximum atomic E-state index is 11.0. The highest BCUT2D eigenvalue weighted by Gasteiger charge is 2.14. The number of hydrogen-bond donors (Lipinski definition) is 8. The Hall–Kier alpha value is -6.08. The summed E-state index contributed by atoms with van der Waals surface area (Å²) in [7, 11) is 0. The summed E-state index contributed by atoms with van der Waals surface area (Å²) in [6, 6.07) is 18.0. The molecule has 0 aliphatic heterocycles. The van der Waals surface area contributed by atoms with Crippen LogP contribution >= 0.6 is 0 Å². The van der Waals surface area contributed by atoms with Gasteiger partial charge in [-0.2, -0.15) is 0 Å². The van der Waals surface area contributed by atoms with Gasteiger partial charge in [-0.1, -0.05) is 24.3 Å². The Morgan fingerprint density at radius 2 is 0.561 bits per heavy atom. The molecule has 0 bridgehead atoms. The molecule has 41 heavy (non-hydrogen) atoms. The van der Waals surface area contributed by atoms with Gasteiger partial charge in [0.1, 0.15) is 0 Å². The number of benzene rings is 4. The van der Waals surface area contributed by atoms with Crippen molar-refractivity contribution in [3.63, 3.8) is 0 Å². The zero-order chi connectivity index (χ0) is 29.7. The quantitative estimate of drug-likeness (QED) is 0.157. The smallest absolute Gasteiger partial charge is 0.337 e. The molecular weight excluding hydrogens is 536 g/mol. The van der Waals surface area contributed by atoms with Crippen LogP contribution in [0, 0.1) is 0 Å². The maximum absolute atomic E-state index is 11.0. The molecule has 4 rings (SSSR count). The van der Waals surface area contributed by atoms with Crippen molar-refractivity contribution in [1.82, 2.24) is 0 Å². The average molecular weight is 563 g/mol. The highest BCUT2D eigenvalue weighted by Crippen LogP contribution is 2.28.